The van der Waals surface area contributed by atoms with E-state index >= 15 is 0 Å². The number of nitriles is 1. The molecule has 1 unspecified atom stereocenters. The number of rotatable bonds is 6. The van der Waals surface area contributed by atoms with Gasteiger partial charge in [-0.3, -0.25) is 0 Å². The van der Waals surface area contributed by atoms with E-state index in [1.54, 1.807) is 36.2 Å². The van der Waals surface area contributed by atoms with Crippen LogP contribution in [0.15, 0.2) is 69.3 Å². The van der Waals surface area contributed by atoms with Crippen molar-refractivity contribution in [1.82, 2.24) is 4.98 Å². The molecule has 2 heterocycles. The minimum atomic E-state index is -0.650. The molecule has 1 aliphatic rings. The van der Waals surface area contributed by atoms with Gasteiger partial charge in [0.1, 0.15) is 16.8 Å². The maximum Gasteiger partial charge on any atom is 0.191 e. The van der Waals surface area contributed by atoms with Crippen molar-refractivity contribution < 1.29 is 5.11 Å². The summed E-state index contributed by atoms with van der Waals surface area (Å²) in [5, 5.41) is 34.0. The van der Waals surface area contributed by atoms with Crippen LogP contribution in [0.2, 0.25) is 0 Å². The summed E-state index contributed by atoms with van der Waals surface area (Å²) in [7, 11) is 0. The molecule has 0 radical (unpaired) electrons. The van der Waals surface area contributed by atoms with Gasteiger partial charge in [0.15, 0.2) is 4.87 Å². The summed E-state index contributed by atoms with van der Waals surface area (Å²) in [5.41, 5.74) is 3.97. The predicted octanol–water partition coefficient (Wildman–Crippen LogP) is 5.76. The first kappa shape index (κ1) is 20.0. The van der Waals surface area contributed by atoms with E-state index in [-0.39, 0.29) is 5.75 Å². The summed E-state index contributed by atoms with van der Waals surface area (Å²) in [6.07, 6.45) is 3.53. The first-order valence-corrected chi connectivity index (χ1v) is 11.0. The minimum absolute atomic E-state index is 0.235. The second-order valence-corrected chi connectivity index (χ2v) is 8.70. The highest BCUT2D eigenvalue weighted by Gasteiger charge is 2.34. The number of aromatic nitrogens is 1. The Balaban J connectivity index is 1.53. The summed E-state index contributed by atoms with van der Waals surface area (Å²) < 4.78 is 0. The zero-order valence-electron chi connectivity index (χ0n) is 16.1. The molecule has 0 aliphatic carbocycles. The topological polar surface area (TPSA) is 94.0 Å². The third-order valence-corrected chi connectivity index (χ3v) is 6.77. The average Bonchev–Trinajstić information content (AvgIpc) is 3.44. The molecule has 1 aliphatic heterocycles. The van der Waals surface area contributed by atoms with Gasteiger partial charge in [0.25, 0.3) is 0 Å². The maximum atomic E-state index is 9.69. The van der Waals surface area contributed by atoms with E-state index < -0.39 is 4.87 Å². The van der Waals surface area contributed by atoms with Crippen LogP contribution in [0.4, 0.5) is 0 Å². The minimum Gasteiger partial charge on any atom is -0.508 e. The normalized spacial score (nSPS) is 17.9. The highest BCUT2D eigenvalue weighted by Crippen LogP contribution is 2.41. The van der Waals surface area contributed by atoms with E-state index in [0.29, 0.717) is 16.3 Å². The van der Waals surface area contributed by atoms with E-state index in [1.807, 2.05) is 48.7 Å². The maximum absolute atomic E-state index is 9.69. The summed E-state index contributed by atoms with van der Waals surface area (Å²) in [4.78, 5) is 3.99. The third-order valence-electron chi connectivity index (χ3n) is 4.54. The number of phenols is 1. The fourth-order valence-electron chi connectivity index (χ4n) is 2.94. The van der Waals surface area contributed by atoms with E-state index in [0.717, 1.165) is 22.4 Å². The van der Waals surface area contributed by atoms with E-state index in [4.69, 9.17) is 0 Å². The predicted molar refractivity (Wildman–Crippen MR) is 121 cm³/mol. The number of hydrogen-bond acceptors (Lipinski definition) is 8. The second-order valence-electron chi connectivity index (χ2n) is 6.64. The Morgan fingerprint density at radius 2 is 2.10 bits per heavy atom. The van der Waals surface area contributed by atoms with Crippen molar-refractivity contribution in [2.45, 2.75) is 17.5 Å². The van der Waals surface area contributed by atoms with Gasteiger partial charge < -0.3 is 5.11 Å². The molecule has 4 rings (SSSR count). The van der Waals surface area contributed by atoms with Crippen LogP contribution in [0, 0.1) is 18.3 Å². The van der Waals surface area contributed by atoms with Crippen LogP contribution in [0.25, 0.3) is 11.6 Å². The molecule has 2 aromatic carbocycles. The summed E-state index contributed by atoms with van der Waals surface area (Å²) in [5.74, 6) is 0.840. The van der Waals surface area contributed by atoms with Crippen molar-refractivity contribution in [2.24, 2.45) is 15.4 Å². The molecule has 148 valence electrons. The lowest BCUT2D eigenvalue weighted by atomic mass is 10.1. The number of nitrogens with zero attached hydrogens (tertiary/aromatic N) is 5. The number of hydrogen-bond donors (Lipinski definition) is 1. The van der Waals surface area contributed by atoms with Gasteiger partial charge >= 0.3 is 0 Å². The standard InChI is InChI=1S/C22H17N5OS2/c1-15-9-16(7-8-20(15)28)10-17(11-23)21-25-19(12-29-21)13-30-22(14-24-27-26-22)18-5-3-2-4-6-18/h2-10,12,14,28H,13H2,1H3. The van der Waals surface area contributed by atoms with Gasteiger partial charge in [0, 0.05) is 11.1 Å². The summed E-state index contributed by atoms with van der Waals surface area (Å²) in [6, 6.07) is 17.4. The van der Waals surface area contributed by atoms with Crippen LogP contribution in [-0.4, -0.2) is 16.3 Å². The van der Waals surface area contributed by atoms with Crippen LogP contribution in [0.1, 0.15) is 27.4 Å². The molecule has 1 aromatic heterocycles. The molecule has 0 fully saturated rings. The monoisotopic (exact) mass is 431 g/mol. The molecular weight excluding hydrogens is 414 g/mol. The highest BCUT2D eigenvalue weighted by molar-refractivity contribution is 8.00. The summed E-state index contributed by atoms with van der Waals surface area (Å²) in [6.45, 7) is 1.82. The first-order valence-electron chi connectivity index (χ1n) is 9.12. The molecule has 1 N–H and O–H groups in total. The van der Waals surface area contributed by atoms with Crippen molar-refractivity contribution in [3.8, 4) is 11.8 Å². The Hall–Kier alpha value is -3.28. The number of thioether (sulfide) groups is 1. The van der Waals surface area contributed by atoms with Crippen LogP contribution >= 0.6 is 23.1 Å². The number of aryl methyl sites for hydroxylation is 1. The lowest BCUT2D eigenvalue weighted by Gasteiger charge is -2.20. The van der Waals surface area contributed by atoms with Gasteiger partial charge in [-0.15, -0.1) is 33.3 Å². The molecule has 0 saturated carbocycles. The van der Waals surface area contributed by atoms with Crippen LogP contribution < -0.4 is 0 Å². The number of aromatic hydroxyl groups is 1. The number of phenolic OH excluding ortho intramolecular Hbond substituents is 1. The molecule has 3 aromatic rings. The van der Waals surface area contributed by atoms with Gasteiger partial charge in [-0.1, -0.05) is 36.4 Å². The highest BCUT2D eigenvalue weighted by atomic mass is 32.2. The molecular formula is C22H17N5OS2. The smallest absolute Gasteiger partial charge is 0.191 e. The Kier molecular flexibility index (Phi) is 5.74. The van der Waals surface area contributed by atoms with Crippen molar-refractivity contribution in [3.05, 3.63) is 81.3 Å². The molecule has 8 heteroatoms. The van der Waals surface area contributed by atoms with Gasteiger partial charge in [-0.25, -0.2) is 4.98 Å². The lowest BCUT2D eigenvalue weighted by molar-refractivity contribution is 0.471. The Bertz CT molecular complexity index is 1180. The number of allylic oxidation sites excluding steroid dienone is 1. The molecule has 0 amide bonds. The quantitative estimate of drug-likeness (QED) is 0.502. The van der Waals surface area contributed by atoms with Gasteiger partial charge in [0.05, 0.1) is 17.5 Å². The number of thiazole rings is 1. The summed E-state index contributed by atoms with van der Waals surface area (Å²) >= 11 is 3.02. The average molecular weight is 432 g/mol. The Morgan fingerprint density at radius 3 is 2.80 bits per heavy atom. The third kappa shape index (κ3) is 4.17. The zero-order chi connectivity index (χ0) is 21.0. The van der Waals surface area contributed by atoms with Gasteiger partial charge in [0.2, 0.25) is 0 Å². The fourth-order valence-corrected chi connectivity index (χ4v) is 4.86. The zero-order valence-corrected chi connectivity index (χ0v) is 17.7. The van der Waals surface area contributed by atoms with E-state index in [1.165, 1.54) is 11.3 Å². The molecule has 1 atom stereocenters. The van der Waals surface area contributed by atoms with Gasteiger partial charge in [-0.05, 0) is 47.0 Å². The Labute approximate surface area is 182 Å². The van der Waals surface area contributed by atoms with Crippen LogP contribution in [0.5, 0.6) is 5.75 Å². The molecule has 6 nitrogen and oxygen atoms in total. The van der Waals surface area contributed by atoms with E-state index in [2.05, 4.69) is 26.5 Å². The van der Waals surface area contributed by atoms with Crippen LogP contribution in [-0.2, 0) is 10.6 Å². The SMILES string of the molecule is Cc1cc(C=C(C#N)c2nc(CSC3(c4ccccc4)C=NN=N3)cs2)ccc1O. The molecule has 0 bridgehead atoms. The number of benzene rings is 2. The van der Waals surface area contributed by atoms with Crippen molar-refractivity contribution in [1.29, 1.82) is 5.26 Å². The van der Waals surface area contributed by atoms with Crippen molar-refractivity contribution >= 4 is 41.0 Å². The Morgan fingerprint density at radius 1 is 1.27 bits per heavy atom. The van der Waals surface area contributed by atoms with Crippen molar-refractivity contribution in [2.75, 3.05) is 0 Å². The molecule has 0 spiro atoms. The molecule has 30 heavy (non-hydrogen) atoms. The molecule has 0 saturated heterocycles. The first-order chi connectivity index (χ1) is 14.6. The fraction of sp³-hybridized carbons (Fsp3) is 0.136. The van der Waals surface area contributed by atoms with Crippen molar-refractivity contribution in [3.63, 3.8) is 0 Å². The van der Waals surface area contributed by atoms with Crippen LogP contribution in [0.3, 0.4) is 0 Å². The largest absolute Gasteiger partial charge is 0.508 e. The lowest BCUT2D eigenvalue weighted by Crippen LogP contribution is -2.18. The second kappa shape index (κ2) is 8.61. The van der Waals surface area contributed by atoms with Gasteiger partial charge in [-0.2, -0.15) is 5.26 Å². The van der Waals surface area contributed by atoms with E-state index in [9.17, 15) is 10.4 Å².